The van der Waals surface area contributed by atoms with Crippen molar-refractivity contribution in [3.8, 4) is 0 Å². The summed E-state index contributed by atoms with van der Waals surface area (Å²) in [5.41, 5.74) is 4.34. The number of carboxylic acids is 2. The van der Waals surface area contributed by atoms with E-state index in [2.05, 4.69) is 0 Å². The number of hydrogen-bond donors (Lipinski definition) is 3. The van der Waals surface area contributed by atoms with Crippen molar-refractivity contribution >= 4 is 17.6 Å². The van der Waals surface area contributed by atoms with Gasteiger partial charge < -0.3 is 15.9 Å². The van der Waals surface area contributed by atoms with E-state index in [-0.39, 0.29) is 24.1 Å². The van der Waals surface area contributed by atoms with Crippen molar-refractivity contribution < 1.29 is 24.2 Å². The molecule has 0 saturated carbocycles. The fraction of sp³-hybridized carbons (Fsp3) is 0.333. The van der Waals surface area contributed by atoms with E-state index in [0.29, 0.717) is 0 Å². The van der Waals surface area contributed by atoms with Crippen molar-refractivity contribution in [1.29, 1.82) is 0 Å². The minimum atomic E-state index is -1.52. The Balaban J connectivity index is 3.22. The zero-order valence-electron chi connectivity index (χ0n) is 9.81. The zero-order chi connectivity index (χ0) is 13.9. The number of rotatable bonds is 5. The molecular weight excluding hydrogens is 241 g/mol. The molecule has 0 spiro atoms. The molecule has 0 aliphatic carbocycles. The molecule has 0 saturated heterocycles. The highest BCUT2D eigenvalue weighted by Gasteiger charge is 2.37. The molecule has 0 aliphatic rings. The van der Waals surface area contributed by atoms with E-state index < -0.39 is 23.2 Å². The number of anilines is 1. The van der Waals surface area contributed by atoms with Gasteiger partial charge in [0, 0.05) is 12.1 Å². The van der Waals surface area contributed by atoms with Crippen molar-refractivity contribution in [2.45, 2.75) is 25.2 Å². The Hall–Kier alpha value is -2.11. The summed E-state index contributed by atoms with van der Waals surface area (Å²) in [7, 11) is 0. The molecule has 0 radical (unpaired) electrons. The fourth-order valence-electron chi connectivity index (χ4n) is 1.72. The monoisotopic (exact) mass is 255 g/mol. The summed E-state index contributed by atoms with van der Waals surface area (Å²) < 4.78 is 13.2. The predicted octanol–water partition coefficient (Wildman–Crippen LogP) is 1.61. The first kappa shape index (κ1) is 14.0. The zero-order valence-corrected chi connectivity index (χ0v) is 9.81. The molecule has 0 bridgehead atoms. The van der Waals surface area contributed by atoms with Gasteiger partial charge in [-0.25, -0.2) is 4.39 Å². The summed E-state index contributed by atoms with van der Waals surface area (Å²) in [6, 6.07) is 3.43. The quantitative estimate of drug-likeness (QED) is 0.694. The first-order valence-electron chi connectivity index (χ1n) is 5.28. The van der Waals surface area contributed by atoms with Gasteiger partial charge in [0.1, 0.15) is 5.82 Å². The topological polar surface area (TPSA) is 101 Å². The van der Waals surface area contributed by atoms with E-state index in [4.69, 9.17) is 10.8 Å². The minimum Gasteiger partial charge on any atom is -0.481 e. The van der Waals surface area contributed by atoms with E-state index in [1.54, 1.807) is 0 Å². The van der Waals surface area contributed by atoms with Crippen LogP contribution in [0.5, 0.6) is 0 Å². The van der Waals surface area contributed by atoms with E-state index in [1.807, 2.05) is 0 Å². The Morgan fingerprint density at radius 1 is 1.39 bits per heavy atom. The molecule has 5 nitrogen and oxygen atoms in total. The van der Waals surface area contributed by atoms with E-state index in [9.17, 15) is 19.1 Å². The van der Waals surface area contributed by atoms with Crippen molar-refractivity contribution in [1.82, 2.24) is 0 Å². The normalized spacial score (nSPS) is 13.9. The smallest absolute Gasteiger partial charge is 0.313 e. The average molecular weight is 255 g/mol. The number of carbonyl (C=O) groups is 2. The molecule has 0 aliphatic heterocycles. The van der Waals surface area contributed by atoms with E-state index in [1.165, 1.54) is 13.0 Å². The lowest BCUT2D eigenvalue weighted by Gasteiger charge is -2.26. The third kappa shape index (κ3) is 2.77. The number of nitrogens with two attached hydrogens (primary N) is 1. The van der Waals surface area contributed by atoms with E-state index in [0.717, 1.165) is 12.1 Å². The van der Waals surface area contributed by atoms with Gasteiger partial charge in [-0.3, -0.25) is 9.59 Å². The molecular formula is C12H14FNO4. The summed E-state index contributed by atoms with van der Waals surface area (Å²) in [5, 5.41) is 17.9. The molecule has 1 rings (SSSR count). The van der Waals surface area contributed by atoms with Gasteiger partial charge in [-0.1, -0.05) is 0 Å². The van der Waals surface area contributed by atoms with Gasteiger partial charge in [0.05, 0.1) is 5.41 Å². The second kappa shape index (κ2) is 5.03. The largest absolute Gasteiger partial charge is 0.481 e. The van der Waals surface area contributed by atoms with Crippen molar-refractivity contribution in [3.05, 3.63) is 29.6 Å². The second-order valence-corrected chi connectivity index (χ2v) is 4.26. The van der Waals surface area contributed by atoms with Gasteiger partial charge in [-0.2, -0.15) is 0 Å². The Labute approximate surface area is 103 Å². The Bertz CT molecular complexity index is 489. The number of aliphatic carboxylic acids is 2. The summed E-state index contributed by atoms with van der Waals surface area (Å²) in [4.78, 5) is 21.9. The van der Waals surface area contributed by atoms with Crippen LogP contribution in [0.2, 0.25) is 0 Å². The number of halogens is 1. The Kier molecular flexibility index (Phi) is 3.90. The van der Waals surface area contributed by atoms with Gasteiger partial charge in [-0.15, -0.1) is 0 Å². The third-order valence-corrected chi connectivity index (χ3v) is 2.92. The maximum Gasteiger partial charge on any atom is 0.313 e. The van der Waals surface area contributed by atoms with Crippen LogP contribution in [0.4, 0.5) is 10.1 Å². The third-order valence-electron chi connectivity index (χ3n) is 2.92. The molecule has 98 valence electrons. The van der Waals surface area contributed by atoms with Crippen LogP contribution >= 0.6 is 0 Å². The molecule has 0 aromatic heterocycles. The van der Waals surface area contributed by atoms with E-state index >= 15 is 0 Å². The standard InChI is InChI=1S/C12H14FNO4/c1-12(11(17)18,5-4-10(15)16)8-6-7(13)2-3-9(8)14/h2-3,6H,4-5,14H2,1H3,(H,15,16)(H,17,18). The molecule has 1 unspecified atom stereocenters. The molecule has 6 heteroatoms. The van der Waals surface area contributed by atoms with Gasteiger partial charge in [0.25, 0.3) is 0 Å². The van der Waals surface area contributed by atoms with Crippen LogP contribution in [0.3, 0.4) is 0 Å². The first-order valence-corrected chi connectivity index (χ1v) is 5.28. The lowest BCUT2D eigenvalue weighted by Crippen LogP contribution is -2.34. The van der Waals surface area contributed by atoms with Crippen molar-refractivity contribution in [3.63, 3.8) is 0 Å². The number of benzene rings is 1. The van der Waals surface area contributed by atoms with Crippen LogP contribution in [-0.4, -0.2) is 22.2 Å². The Morgan fingerprint density at radius 2 is 2.00 bits per heavy atom. The Morgan fingerprint density at radius 3 is 2.50 bits per heavy atom. The van der Waals surface area contributed by atoms with Gasteiger partial charge in [-0.05, 0) is 37.1 Å². The number of carboxylic acid groups (broad SMARTS) is 2. The minimum absolute atomic E-state index is 0.0938. The highest BCUT2D eigenvalue weighted by atomic mass is 19.1. The molecule has 18 heavy (non-hydrogen) atoms. The van der Waals surface area contributed by atoms with Crippen LogP contribution in [0.25, 0.3) is 0 Å². The maximum atomic E-state index is 13.2. The summed E-state index contributed by atoms with van der Waals surface area (Å²) in [6.07, 6.45) is -0.496. The summed E-state index contributed by atoms with van der Waals surface area (Å²) >= 11 is 0. The molecule has 1 atom stereocenters. The van der Waals surface area contributed by atoms with Gasteiger partial charge in [0.15, 0.2) is 0 Å². The molecule has 0 fully saturated rings. The molecule has 1 aromatic carbocycles. The predicted molar refractivity (Wildman–Crippen MR) is 62.7 cm³/mol. The van der Waals surface area contributed by atoms with Crippen LogP contribution in [0.1, 0.15) is 25.3 Å². The van der Waals surface area contributed by atoms with Gasteiger partial charge in [0.2, 0.25) is 0 Å². The first-order chi connectivity index (χ1) is 8.27. The van der Waals surface area contributed by atoms with Crippen LogP contribution in [-0.2, 0) is 15.0 Å². The van der Waals surface area contributed by atoms with Crippen LogP contribution in [0.15, 0.2) is 18.2 Å². The van der Waals surface area contributed by atoms with Gasteiger partial charge >= 0.3 is 11.9 Å². The fourth-order valence-corrected chi connectivity index (χ4v) is 1.72. The molecule has 4 N–H and O–H groups in total. The van der Waals surface area contributed by atoms with Crippen LogP contribution < -0.4 is 5.73 Å². The lowest BCUT2D eigenvalue weighted by molar-refractivity contribution is -0.144. The van der Waals surface area contributed by atoms with Crippen molar-refractivity contribution in [2.24, 2.45) is 0 Å². The molecule has 1 aromatic rings. The summed E-state index contributed by atoms with van der Waals surface area (Å²) in [5.74, 6) is -2.96. The molecule has 0 amide bonds. The lowest BCUT2D eigenvalue weighted by atomic mass is 9.77. The van der Waals surface area contributed by atoms with Crippen molar-refractivity contribution in [2.75, 3.05) is 5.73 Å². The maximum absolute atomic E-state index is 13.2. The summed E-state index contributed by atoms with van der Waals surface area (Å²) in [6.45, 7) is 1.34. The van der Waals surface area contributed by atoms with Crippen LogP contribution in [0, 0.1) is 5.82 Å². The highest BCUT2D eigenvalue weighted by Crippen LogP contribution is 2.34. The number of nitrogen functional groups attached to an aromatic ring is 1. The second-order valence-electron chi connectivity index (χ2n) is 4.26. The highest BCUT2D eigenvalue weighted by molar-refractivity contribution is 5.84. The average Bonchev–Trinajstić information content (AvgIpc) is 2.29. The SMILES string of the molecule is CC(CCC(=O)O)(C(=O)O)c1cc(F)ccc1N. The number of hydrogen-bond acceptors (Lipinski definition) is 3. The molecule has 0 heterocycles.